The molecule has 2 N–H and O–H groups in total. The van der Waals surface area contributed by atoms with Crippen LogP contribution < -0.4 is 15.4 Å². The molecule has 4 unspecified atom stereocenters. The molecule has 3 heterocycles. The third-order valence-electron chi connectivity index (χ3n) is 6.52. The molecule has 1 aromatic rings. The van der Waals surface area contributed by atoms with E-state index in [9.17, 15) is 0 Å². The van der Waals surface area contributed by atoms with E-state index in [0.717, 1.165) is 44.3 Å². The molecular formula is C23H37IN4O2. The van der Waals surface area contributed by atoms with Crippen LogP contribution in [0.1, 0.15) is 57.1 Å². The van der Waals surface area contributed by atoms with Crippen molar-refractivity contribution < 1.29 is 9.47 Å². The summed E-state index contributed by atoms with van der Waals surface area (Å²) >= 11 is 0. The van der Waals surface area contributed by atoms with Crippen molar-refractivity contribution >= 4 is 29.9 Å². The van der Waals surface area contributed by atoms with E-state index in [1.807, 2.05) is 6.07 Å². The minimum absolute atomic E-state index is 0. The van der Waals surface area contributed by atoms with Crippen molar-refractivity contribution in [1.29, 1.82) is 0 Å². The number of nitrogens with zero attached hydrogens (tertiary/aromatic N) is 2. The largest absolute Gasteiger partial charge is 0.496 e. The van der Waals surface area contributed by atoms with Gasteiger partial charge in [0.1, 0.15) is 5.75 Å². The van der Waals surface area contributed by atoms with Crippen LogP contribution in [0.15, 0.2) is 29.3 Å². The molecule has 0 spiro atoms. The molecule has 3 fully saturated rings. The highest BCUT2D eigenvalue weighted by molar-refractivity contribution is 14.0. The predicted molar refractivity (Wildman–Crippen MR) is 132 cm³/mol. The first kappa shape index (κ1) is 23.6. The number of hydrogen-bond donors (Lipinski definition) is 2. The summed E-state index contributed by atoms with van der Waals surface area (Å²) in [6, 6.07) is 9.02. The van der Waals surface area contributed by atoms with Gasteiger partial charge in [0.05, 0.1) is 37.9 Å². The minimum atomic E-state index is 0. The van der Waals surface area contributed by atoms with Gasteiger partial charge in [-0.1, -0.05) is 24.6 Å². The Morgan fingerprint density at radius 1 is 1.23 bits per heavy atom. The smallest absolute Gasteiger partial charge is 0.191 e. The second kappa shape index (κ2) is 11.5. The van der Waals surface area contributed by atoms with Crippen molar-refractivity contribution in [2.75, 3.05) is 33.3 Å². The van der Waals surface area contributed by atoms with E-state index in [-0.39, 0.29) is 30.0 Å². The number of halogens is 1. The average molecular weight is 528 g/mol. The lowest BCUT2D eigenvalue weighted by molar-refractivity contribution is 0.0992. The molecule has 3 saturated heterocycles. The molecule has 30 heavy (non-hydrogen) atoms. The summed E-state index contributed by atoms with van der Waals surface area (Å²) in [5, 5.41) is 7.09. The van der Waals surface area contributed by atoms with E-state index in [2.05, 4.69) is 40.7 Å². The first-order chi connectivity index (χ1) is 14.3. The highest BCUT2D eigenvalue weighted by Crippen LogP contribution is 2.34. The molecule has 3 aliphatic heterocycles. The molecule has 168 valence electrons. The van der Waals surface area contributed by atoms with Crippen LogP contribution in [0.25, 0.3) is 0 Å². The third-order valence-corrected chi connectivity index (χ3v) is 6.52. The molecule has 1 aromatic carbocycles. The molecule has 7 heteroatoms. The van der Waals surface area contributed by atoms with Crippen LogP contribution in [0.5, 0.6) is 5.75 Å². The van der Waals surface area contributed by atoms with E-state index in [1.54, 1.807) is 7.11 Å². The average Bonchev–Trinajstić information content (AvgIpc) is 3.38. The number of hydrogen-bond acceptors (Lipinski definition) is 4. The maximum atomic E-state index is 6.01. The summed E-state index contributed by atoms with van der Waals surface area (Å²) in [4.78, 5) is 7.61. The number of para-hydroxylation sites is 1. The SMILES string of the molecule is CCNC(=NCC(c1ccccc1OC)N1CCCCC1)NC1CC2CCC1O2.I. The summed E-state index contributed by atoms with van der Waals surface area (Å²) in [7, 11) is 1.76. The van der Waals surface area contributed by atoms with Crippen molar-refractivity contribution in [2.24, 2.45) is 4.99 Å². The van der Waals surface area contributed by atoms with Gasteiger partial charge in [0.25, 0.3) is 0 Å². The van der Waals surface area contributed by atoms with Crippen LogP contribution in [0, 0.1) is 0 Å². The Labute approximate surface area is 198 Å². The van der Waals surface area contributed by atoms with Crippen molar-refractivity contribution in [3.05, 3.63) is 29.8 Å². The fourth-order valence-corrected chi connectivity index (χ4v) is 5.05. The third kappa shape index (κ3) is 5.59. The number of guanidine groups is 1. The Kier molecular flexibility index (Phi) is 9.07. The number of aliphatic imine (C=N–C) groups is 1. The first-order valence-electron chi connectivity index (χ1n) is 11.4. The number of benzene rings is 1. The molecule has 4 atom stereocenters. The van der Waals surface area contributed by atoms with Gasteiger partial charge in [-0.15, -0.1) is 24.0 Å². The summed E-state index contributed by atoms with van der Waals surface area (Å²) in [5.74, 6) is 1.86. The topological polar surface area (TPSA) is 58.1 Å². The number of piperidine rings is 1. The van der Waals surface area contributed by atoms with Gasteiger partial charge in [0.2, 0.25) is 0 Å². The van der Waals surface area contributed by atoms with E-state index in [0.29, 0.717) is 18.2 Å². The normalized spacial score (nSPS) is 27.4. The maximum absolute atomic E-state index is 6.01. The molecule has 3 aliphatic rings. The lowest BCUT2D eigenvalue weighted by atomic mass is 9.96. The molecule has 0 amide bonds. The van der Waals surface area contributed by atoms with Gasteiger partial charge in [-0.2, -0.15) is 0 Å². The fourth-order valence-electron chi connectivity index (χ4n) is 5.05. The molecule has 2 bridgehead atoms. The van der Waals surface area contributed by atoms with Crippen LogP contribution in [-0.2, 0) is 4.74 Å². The number of rotatable bonds is 7. The second-order valence-corrected chi connectivity index (χ2v) is 8.43. The molecule has 6 nitrogen and oxygen atoms in total. The van der Waals surface area contributed by atoms with Crippen LogP contribution in [-0.4, -0.2) is 62.4 Å². The lowest BCUT2D eigenvalue weighted by Crippen LogP contribution is -2.47. The Bertz CT molecular complexity index is 696. The summed E-state index contributed by atoms with van der Waals surface area (Å²) < 4.78 is 11.7. The van der Waals surface area contributed by atoms with Crippen molar-refractivity contribution in [3.63, 3.8) is 0 Å². The molecule has 4 rings (SSSR count). The highest BCUT2D eigenvalue weighted by atomic mass is 127. The Morgan fingerprint density at radius 3 is 2.70 bits per heavy atom. The second-order valence-electron chi connectivity index (χ2n) is 8.43. The van der Waals surface area contributed by atoms with Gasteiger partial charge in [-0.25, -0.2) is 0 Å². The van der Waals surface area contributed by atoms with Gasteiger partial charge in [-0.3, -0.25) is 9.89 Å². The van der Waals surface area contributed by atoms with E-state index >= 15 is 0 Å². The number of fused-ring (bicyclic) bond motifs is 2. The van der Waals surface area contributed by atoms with Gasteiger partial charge >= 0.3 is 0 Å². The number of nitrogens with one attached hydrogen (secondary N) is 2. The number of methoxy groups -OCH3 is 1. The fraction of sp³-hybridized carbons (Fsp3) is 0.696. The zero-order valence-corrected chi connectivity index (χ0v) is 20.6. The molecular weight excluding hydrogens is 491 g/mol. The van der Waals surface area contributed by atoms with Crippen LogP contribution in [0.2, 0.25) is 0 Å². The van der Waals surface area contributed by atoms with E-state index < -0.39 is 0 Å². The summed E-state index contributed by atoms with van der Waals surface area (Å²) in [6.45, 7) is 5.95. The van der Waals surface area contributed by atoms with Crippen LogP contribution in [0.4, 0.5) is 0 Å². The summed E-state index contributed by atoms with van der Waals surface area (Å²) in [5.41, 5.74) is 1.24. The van der Waals surface area contributed by atoms with Gasteiger partial charge in [-0.05, 0) is 58.2 Å². The van der Waals surface area contributed by atoms with Gasteiger partial charge in [0.15, 0.2) is 5.96 Å². The van der Waals surface area contributed by atoms with Crippen molar-refractivity contribution in [2.45, 2.75) is 69.7 Å². The van der Waals surface area contributed by atoms with Crippen molar-refractivity contribution in [1.82, 2.24) is 15.5 Å². The quantitative estimate of drug-likeness (QED) is 0.321. The van der Waals surface area contributed by atoms with Crippen LogP contribution >= 0.6 is 24.0 Å². The zero-order chi connectivity index (χ0) is 20.1. The predicted octanol–water partition coefficient (Wildman–Crippen LogP) is 3.72. The molecule has 0 radical (unpaired) electrons. The minimum Gasteiger partial charge on any atom is -0.496 e. The van der Waals surface area contributed by atoms with Crippen LogP contribution in [0.3, 0.4) is 0 Å². The molecule has 0 aromatic heterocycles. The number of likely N-dealkylation sites (tertiary alicyclic amines) is 1. The Hall–Kier alpha value is -1.06. The van der Waals surface area contributed by atoms with Gasteiger partial charge < -0.3 is 20.1 Å². The van der Waals surface area contributed by atoms with E-state index in [1.165, 1.54) is 37.7 Å². The monoisotopic (exact) mass is 528 g/mol. The van der Waals surface area contributed by atoms with Gasteiger partial charge in [0, 0.05) is 12.1 Å². The van der Waals surface area contributed by atoms with Crippen molar-refractivity contribution in [3.8, 4) is 5.75 Å². The Morgan fingerprint density at radius 2 is 2.03 bits per heavy atom. The maximum Gasteiger partial charge on any atom is 0.191 e. The first-order valence-corrected chi connectivity index (χ1v) is 11.4. The Balaban J connectivity index is 0.00000256. The number of ether oxygens (including phenoxy) is 2. The zero-order valence-electron chi connectivity index (χ0n) is 18.3. The van der Waals surface area contributed by atoms with E-state index in [4.69, 9.17) is 14.5 Å². The summed E-state index contributed by atoms with van der Waals surface area (Å²) in [6.07, 6.45) is 8.10. The molecule has 0 saturated carbocycles. The standard InChI is InChI=1S/C23H36N4O2.HI/c1-3-24-23(26-19-15-17-11-12-22(19)29-17)25-16-20(27-13-7-4-8-14-27)18-9-5-6-10-21(18)28-2;/h5-6,9-10,17,19-20,22H,3-4,7-8,11-16H2,1-2H3,(H2,24,25,26);1H. The molecule has 0 aliphatic carbocycles. The lowest BCUT2D eigenvalue weighted by Gasteiger charge is -2.35. The highest BCUT2D eigenvalue weighted by Gasteiger charge is 2.41.